The van der Waals surface area contributed by atoms with E-state index >= 15 is 0 Å². The number of amides is 1. The molecule has 1 aliphatic rings. The second-order valence-electron chi connectivity index (χ2n) is 7.09. The van der Waals surface area contributed by atoms with Crippen molar-refractivity contribution in [3.05, 3.63) is 41.3 Å². The molecular weight excluding hydrogens is 286 g/mol. The monoisotopic (exact) mass is 311 g/mol. The van der Waals surface area contributed by atoms with E-state index in [4.69, 9.17) is 0 Å². The van der Waals surface area contributed by atoms with Gasteiger partial charge in [-0.25, -0.2) is 4.98 Å². The molecule has 1 aliphatic heterocycles. The predicted octanol–water partition coefficient (Wildman–Crippen LogP) is 3.67. The number of aromatic nitrogens is 2. The van der Waals surface area contributed by atoms with Gasteiger partial charge in [-0.1, -0.05) is 31.5 Å². The second-order valence-corrected chi connectivity index (χ2v) is 7.09. The lowest BCUT2D eigenvalue weighted by Crippen LogP contribution is -2.29. The molecule has 3 rings (SSSR count). The van der Waals surface area contributed by atoms with E-state index in [0.717, 1.165) is 24.6 Å². The molecule has 1 saturated heterocycles. The minimum absolute atomic E-state index is 0.181. The third-order valence-electron chi connectivity index (χ3n) is 4.47. The van der Waals surface area contributed by atoms with Crippen molar-refractivity contribution in [2.75, 3.05) is 13.1 Å². The lowest BCUT2D eigenvalue weighted by atomic mass is 10.0. The van der Waals surface area contributed by atoms with Crippen molar-refractivity contribution in [3.8, 4) is 11.3 Å². The molecule has 1 aromatic carbocycles. The number of nitrogens with one attached hydrogen (secondary N) is 1. The smallest absolute Gasteiger partial charge is 0.223 e. The molecule has 1 atom stereocenters. The van der Waals surface area contributed by atoms with Crippen molar-refractivity contribution < 1.29 is 4.79 Å². The van der Waals surface area contributed by atoms with Crippen molar-refractivity contribution in [1.82, 2.24) is 14.9 Å². The van der Waals surface area contributed by atoms with Crippen LogP contribution in [0.25, 0.3) is 11.3 Å². The number of carbonyl (C=O) groups excluding carboxylic acids is 1. The van der Waals surface area contributed by atoms with Crippen molar-refractivity contribution in [2.24, 2.45) is 5.92 Å². The van der Waals surface area contributed by atoms with Gasteiger partial charge in [0.2, 0.25) is 5.91 Å². The first-order chi connectivity index (χ1) is 10.9. The van der Waals surface area contributed by atoms with Gasteiger partial charge in [0.15, 0.2) is 0 Å². The van der Waals surface area contributed by atoms with E-state index in [0.29, 0.717) is 12.3 Å². The van der Waals surface area contributed by atoms with Gasteiger partial charge >= 0.3 is 0 Å². The highest BCUT2D eigenvalue weighted by molar-refractivity contribution is 5.79. The van der Waals surface area contributed by atoms with Crippen molar-refractivity contribution in [2.45, 2.75) is 40.0 Å². The van der Waals surface area contributed by atoms with Crippen LogP contribution >= 0.6 is 0 Å². The molecule has 4 nitrogen and oxygen atoms in total. The Morgan fingerprint density at radius 1 is 1.35 bits per heavy atom. The summed E-state index contributed by atoms with van der Waals surface area (Å²) in [6.07, 6.45) is 2.46. The summed E-state index contributed by atoms with van der Waals surface area (Å²) in [5, 5.41) is 0. The van der Waals surface area contributed by atoms with Crippen LogP contribution in [0.5, 0.6) is 0 Å². The molecule has 0 aliphatic carbocycles. The Balaban J connectivity index is 1.80. The first-order valence-corrected chi connectivity index (χ1v) is 8.34. The fourth-order valence-electron chi connectivity index (χ4n) is 3.28. The maximum atomic E-state index is 12.2. The molecule has 23 heavy (non-hydrogen) atoms. The zero-order valence-corrected chi connectivity index (χ0v) is 14.4. The Morgan fingerprint density at radius 3 is 2.87 bits per heavy atom. The van der Waals surface area contributed by atoms with E-state index in [-0.39, 0.29) is 11.8 Å². The summed E-state index contributed by atoms with van der Waals surface area (Å²) < 4.78 is 0. The number of benzene rings is 1. The molecule has 1 amide bonds. The van der Waals surface area contributed by atoms with E-state index in [1.54, 1.807) is 0 Å². The van der Waals surface area contributed by atoms with E-state index in [2.05, 4.69) is 55.9 Å². The number of aromatic amines is 1. The van der Waals surface area contributed by atoms with Gasteiger partial charge in [0.1, 0.15) is 5.82 Å². The van der Waals surface area contributed by atoms with Crippen LogP contribution in [0.3, 0.4) is 0 Å². The molecule has 0 bridgehead atoms. The Morgan fingerprint density at radius 2 is 2.13 bits per heavy atom. The van der Waals surface area contributed by atoms with Gasteiger partial charge in [-0.15, -0.1) is 0 Å². The first-order valence-electron chi connectivity index (χ1n) is 8.34. The summed E-state index contributed by atoms with van der Waals surface area (Å²) in [6.45, 7) is 10.1. The molecule has 0 spiro atoms. The van der Waals surface area contributed by atoms with Crippen molar-refractivity contribution in [3.63, 3.8) is 0 Å². The molecular formula is C19H25N3O. The summed E-state index contributed by atoms with van der Waals surface area (Å²) in [5.74, 6) is 1.86. The van der Waals surface area contributed by atoms with Gasteiger partial charge in [0.25, 0.3) is 0 Å². The number of hydrogen-bond donors (Lipinski definition) is 1. The zero-order chi connectivity index (χ0) is 16.6. The van der Waals surface area contributed by atoms with Gasteiger partial charge in [0.05, 0.1) is 11.9 Å². The normalized spacial score (nSPS) is 18.2. The molecule has 122 valence electrons. The van der Waals surface area contributed by atoms with Crippen LogP contribution in [-0.4, -0.2) is 33.9 Å². The van der Waals surface area contributed by atoms with E-state index < -0.39 is 0 Å². The summed E-state index contributed by atoms with van der Waals surface area (Å²) in [6, 6.07) is 6.43. The molecule has 2 heterocycles. The lowest BCUT2D eigenvalue weighted by molar-refractivity contribution is -0.128. The average molecular weight is 311 g/mol. The fraction of sp³-hybridized carbons (Fsp3) is 0.474. The average Bonchev–Trinajstić information content (AvgIpc) is 3.09. The summed E-state index contributed by atoms with van der Waals surface area (Å²) in [7, 11) is 0. The molecule has 1 aromatic heterocycles. The van der Waals surface area contributed by atoms with Crippen LogP contribution < -0.4 is 0 Å². The SMILES string of the molecule is Cc1ccc(C)c(-c2cnc(C3CC(=O)N(CC(C)C)C3)[nH]2)c1. The van der Waals surface area contributed by atoms with Gasteiger partial charge in [-0.3, -0.25) is 4.79 Å². The highest BCUT2D eigenvalue weighted by Gasteiger charge is 2.32. The van der Waals surface area contributed by atoms with Crippen LogP contribution in [0, 0.1) is 19.8 Å². The summed E-state index contributed by atoms with van der Waals surface area (Å²) in [5.41, 5.74) is 4.69. The largest absolute Gasteiger partial charge is 0.342 e. The molecule has 1 unspecified atom stereocenters. The third-order valence-corrected chi connectivity index (χ3v) is 4.47. The Labute approximate surface area is 137 Å². The quantitative estimate of drug-likeness (QED) is 0.936. The van der Waals surface area contributed by atoms with E-state index in [9.17, 15) is 4.79 Å². The first kappa shape index (κ1) is 15.8. The van der Waals surface area contributed by atoms with Crippen molar-refractivity contribution in [1.29, 1.82) is 0 Å². The van der Waals surface area contributed by atoms with Gasteiger partial charge in [-0.05, 0) is 31.4 Å². The number of likely N-dealkylation sites (tertiary alicyclic amines) is 1. The van der Waals surface area contributed by atoms with Crippen LogP contribution in [0.2, 0.25) is 0 Å². The maximum absolute atomic E-state index is 12.2. The summed E-state index contributed by atoms with van der Waals surface area (Å²) in [4.78, 5) is 22.1. The Kier molecular flexibility index (Phi) is 4.24. The molecule has 1 N–H and O–H groups in total. The third kappa shape index (κ3) is 3.31. The number of carbonyl (C=O) groups is 1. The Hall–Kier alpha value is -2.10. The van der Waals surface area contributed by atoms with Crippen LogP contribution in [0.15, 0.2) is 24.4 Å². The number of nitrogens with zero attached hydrogens (tertiary/aromatic N) is 2. The fourth-order valence-corrected chi connectivity index (χ4v) is 3.28. The minimum Gasteiger partial charge on any atom is -0.342 e. The van der Waals surface area contributed by atoms with Gasteiger partial charge in [-0.2, -0.15) is 0 Å². The molecule has 0 saturated carbocycles. The van der Waals surface area contributed by atoms with Crippen LogP contribution in [0.1, 0.15) is 43.1 Å². The summed E-state index contributed by atoms with van der Waals surface area (Å²) >= 11 is 0. The molecule has 2 aromatic rings. The zero-order valence-electron chi connectivity index (χ0n) is 14.4. The number of rotatable bonds is 4. The standard InChI is InChI=1S/C19H25N3O/c1-12(2)10-22-11-15(8-18(22)23)19-20-9-17(21-19)16-7-13(3)5-6-14(16)4/h5-7,9,12,15H,8,10-11H2,1-4H3,(H,20,21). The maximum Gasteiger partial charge on any atom is 0.223 e. The number of H-pyrrole nitrogens is 1. The number of imidazole rings is 1. The number of hydrogen-bond acceptors (Lipinski definition) is 2. The molecule has 1 fully saturated rings. The highest BCUT2D eigenvalue weighted by Crippen LogP contribution is 2.29. The van der Waals surface area contributed by atoms with Gasteiger partial charge in [0, 0.05) is 31.0 Å². The molecule has 0 radical (unpaired) electrons. The number of aryl methyl sites for hydroxylation is 2. The van der Waals surface area contributed by atoms with Gasteiger partial charge < -0.3 is 9.88 Å². The predicted molar refractivity (Wildman–Crippen MR) is 92.3 cm³/mol. The van der Waals surface area contributed by atoms with E-state index in [1.165, 1.54) is 16.7 Å². The minimum atomic E-state index is 0.181. The Bertz CT molecular complexity index is 717. The van der Waals surface area contributed by atoms with Crippen LogP contribution in [0.4, 0.5) is 0 Å². The highest BCUT2D eigenvalue weighted by atomic mass is 16.2. The lowest BCUT2D eigenvalue weighted by Gasteiger charge is -2.18. The van der Waals surface area contributed by atoms with Crippen molar-refractivity contribution >= 4 is 5.91 Å². The van der Waals surface area contributed by atoms with Crippen LogP contribution in [-0.2, 0) is 4.79 Å². The molecule has 4 heteroatoms. The second kappa shape index (κ2) is 6.19. The van der Waals surface area contributed by atoms with E-state index in [1.807, 2.05) is 11.1 Å². The topological polar surface area (TPSA) is 49.0 Å².